The molecular formula is C19H23ClN6O2. The number of fused-ring (bicyclic) bond motifs is 1. The quantitative estimate of drug-likeness (QED) is 0.682. The second kappa shape index (κ2) is 8.18. The monoisotopic (exact) mass is 402 g/mol. The van der Waals surface area contributed by atoms with Crippen molar-refractivity contribution in [3.63, 3.8) is 0 Å². The molecule has 0 radical (unpaired) electrons. The molecule has 1 N–H and O–H groups in total. The molecule has 148 valence electrons. The smallest absolute Gasteiger partial charge is 0.298 e. The molecule has 3 heterocycles. The van der Waals surface area contributed by atoms with Crippen LogP contribution in [-0.2, 0) is 11.3 Å². The number of hydrogen-bond donors (Lipinski definition) is 1. The largest absolute Gasteiger partial charge is 0.423 e. The Morgan fingerprint density at radius 1 is 1.43 bits per heavy atom. The van der Waals surface area contributed by atoms with Crippen molar-refractivity contribution in [1.82, 2.24) is 25.3 Å². The van der Waals surface area contributed by atoms with E-state index in [2.05, 4.69) is 25.5 Å². The van der Waals surface area contributed by atoms with Crippen molar-refractivity contribution in [2.45, 2.75) is 32.7 Å². The molecule has 0 aliphatic carbocycles. The summed E-state index contributed by atoms with van der Waals surface area (Å²) in [5.41, 5.74) is 2.35. The van der Waals surface area contributed by atoms with Gasteiger partial charge >= 0.3 is 0 Å². The summed E-state index contributed by atoms with van der Waals surface area (Å²) in [5.74, 6) is 0.342. The topological polar surface area (TPSA) is 89.1 Å². The number of carbonyl (C=O) groups excluding carboxylic acids is 1. The molecule has 1 saturated heterocycles. The number of benzene rings is 1. The number of nitrogens with zero attached hydrogens (tertiary/aromatic N) is 5. The predicted molar refractivity (Wildman–Crippen MR) is 106 cm³/mol. The van der Waals surface area contributed by atoms with Gasteiger partial charge in [-0.1, -0.05) is 16.8 Å². The Kier molecular flexibility index (Phi) is 5.47. The number of aromatic nitrogens is 4. The minimum atomic E-state index is 0.0630. The van der Waals surface area contributed by atoms with Crippen LogP contribution in [0.5, 0.6) is 0 Å². The lowest BCUT2D eigenvalue weighted by Gasteiger charge is -2.31. The number of carbonyl (C=O) groups is 1. The van der Waals surface area contributed by atoms with Gasteiger partial charge in [-0.05, 0) is 37.8 Å². The number of hydrogen-bond acceptors (Lipinski definition) is 6. The van der Waals surface area contributed by atoms with Crippen molar-refractivity contribution in [2.75, 3.05) is 24.5 Å². The number of oxazole rings is 1. The third-order valence-electron chi connectivity index (χ3n) is 4.92. The highest BCUT2D eigenvalue weighted by atomic mass is 35.5. The van der Waals surface area contributed by atoms with Gasteiger partial charge in [-0.15, -0.1) is 5.10 Å². The van der Waals surface area contributed by atoms with Crippen LogP contribution >= 0.6 is 11.6 Å². The summed E-state index contributed by atoms with van der Waals surface area (Å²) in [6.45, 7) is 4.70. The first kappa shape index (κ1) is 18.7. The van der Waals surface area contributed by atoms with Crippen molar-refractivity contribution in [2.24, 2.45) is 5.92 Å². The van der Waals surface area contributed by atoms with Gasteiger partial charge in [0.1, 0.15) is 5.52 Å². The van der Waals surface area contributed by atoms with Crippen LogP contribution in [0.1, 0.15) is 25.0 Å². The van der Waals surface area contributed by atoms with Crippen molar-refractivity contribution >= 4 is 34.6 Å². The molecule has 1 aromatic carbocycles. The first-order valence-corrected chi connectivity index (χ1v) is 9.89. The number of aryl methyl sites for hydroxylation is 1. The zero-order valence-corrected chi connectivity index (χ0v) is 16.5. The van der Waals surface area contributed by atoms with Gasteiger partial charge in [-0.25, -0.2) is 0 Å². The van der Waals surface area contributed by atoms with Gasteiger partial charge in [0, 0.05) is 43.3 Å². The molecule has 1 atom stereocenters. The van der Waals surface area contributed by atoms with E-state index in [-0.39, 0.29) is 11.8 Å². The second-order valence-electron chi connectivity index (χ2n) is 7.24. The molecule has 0 spiro atoms. The van der Waals surface area contributed by atoms with E-state index in [0.717, 1.165) is 37.1 Å². The molecule has 4 rings (SSSR count). The van der Waals surface area contributed by atoms with Crippen molar-refractivity contribution in [3.05, 3.63) is 35.1 Å². The van der Waals surface area contributed by atoms with E-state index < -0.39 is 0 Å². The van der Waals surface area contributed by atoms with E-state index in [4.69, 9.17) is 16.0 Å². The fourth-order valence-electron chi connectivity index (χ4n) is 3.58. The Balaban J connectivity index is 1.29. The van der Waals surface area contributed by atoms with E-state index in [1.165, 1.54) is 0 Å². The minimum absolute atomic E-state index is 0.0630. The van der Waals surface area contributed by atoms with Crippen LogP contribution in [0.25, 0.3) is 11.1 Å². The fraction of sp³-hybridized carbons (Fsp3) is 0.474. The molecule has 28 heavy (non-hydrogen) atoms. The molecule has 1 fully saturated rings. The minimum Gasteiger partial charge on any atom is -0.423 e. The second-order valence-corrected chi connectivity index (χ2v) is 7.68. The predicted octanol–water partition coefficient (Wildman–Crippen LogP) is 2.80. The molecule has 3 aromatic rings. The van der Waals surface area contributed by atoms with E-state index in [1.54, 1.807) is 16.8 Å². The first-order chi connectivity index (χ1) is 13.6. The molecular weight excluding hydrogens is 380 g/mol. The molecule has 0 saturated carbocycles. The maximum absolute atomic E-state index is 12.3. The summed E-state index contributed by atoms with van der Waals surface area (Å²) < 4.78 is 7.61. The first-order valence-electron chi connectivity index (χ1n) is 9.51. The number of rotatable bonds is 6. The number of amides is 1. The van der Waals surface area contributed by atoms with Crippen LogP contribution in [0.4, 0.5) is 6.01 Å². The lowest BCUT2D eigenvalue weighted by atomic mass is 9.95. The van der Waals surface area contributed by atoms with Gasteiger partial charge in [-0.3, -0.25) is 9.48 Å². The number of piperidine rings is 1. The number of nitrogens with one attached hydrogen (secondary N) is 1. The lowest BCUT2D eigenvalue weighted by molar-refractivity contribution is -0.122. The maximum atomic E-state index is 12.3. The van der Waals surface area contributed by atoms with Crippen molar-refractivity contribution in [1.29, 1.82) is 0 Å². The molecule has 1 aliphatic heterocycles. The average Bonchev–Trinajstić information content (AvgIpc) is 3.27. The summed E-state index contributed by atoms with van der Waals surface area (Å²) in [7, 11) is 0. The van der Waals surface area contributed by atoms with E-state index in [0.29, 0.717) is 36.1 Å². The Morgan fingerprint density at radius 3 is 3.14 bits per heavy atom. The Hall–Kier alpha value is -2.61. The van der Waals surface area contributed by atoms with Crippen LogP contribution in [0.2, 0.25) is 5.02 Å². The molecule has 8 nitrogen and oxygen atoms in total. The summed E-state index contributed by atoms with van der Waals surface area (Å²) in [5, 5.41) is 11.5. The third kappa shape index (κ3) is 4.44. The van der Waals surface area contributed by atoms with Gasteiger partial charge in [0.15, 0.2) is 5.58 Å². The average molecular weight is 403 g/mol. The maximum Gasteiger partial charge on any atom is 0.298 e. The molecule has 0 bridgehead atoms. The molecule has 1 amide bonds. The van der Waals surface area contributed by atoms with Crippen molar-refractivity contribution in [3.8, 4) is 0 Å². The Bertz CT molecular complexity index is 968. The molecule has 1 aliphatic rings. The Morgan fingerprint density at radius 2 is 2.32 bits per heavy atom. The normalized spacial score (nSPS) is 17.2. The fourth-order valence-corrected chi connectivity index (χ4v) is 3.74. The molecule has 1 unspecified atom stereocenters. The highest BCUT2D eigenvalue weighted by molar-refractivity contribution is 6.31. The lowest BCUT2D eigenvalue weighted by Crippen LogP contribution is -2.38. The zero-order chi connectivity index (χ0) is 19.5. The van der Waals surface area contributed by atoms with Gasteiger partial charge in [0.25, 0.3) is 6.01 Å². The highest BCUT2D eigenvalue weighted by Crippen LogP contribution is 2.28. The van der Waals surface area contributed by atoms with Crippen LogP contribution in [0.15, 0.2) is 28.8 Å². The molecule has 9 heteroatoms. The highest BCUT2D eigenvalue weighted by Gasteiger charge is 2.25. The van der Waals surface area contributed by atoms with Gasteiger partial charge in [0.05, 0.1) is 12.2 Å². The SMILES string of the molecule is Cc1cn(CCNC(=O)CC2CCCN(c3nc4ccc(Cl)cc4o3)C2)nn1. The van der Waals surface area contributed by atoms with Crippen LogP contribution in [0.3, 0.4) is 0 Å². The summed E-state index contributed by atoms with van der Waals surface area (Å²) in [6, 6.07) is 6.04. The van der Waals surface area contributed by atoms with Crippen molar-refractivity contribution < 1.29 is 9.21 Å². The van der Waals surface area contributed by atoms with Gasteiger partial charge in [-0.2, -0.15) is 4.98 Å². The van der Waals surface area contributed by atoms with E-state index in [1.807, 2.05) is 19.2 Å². The number of halogens is 1. The third-order valence-corrected chi connectivity index (χ3v) is 5.15. The standard InChI is InChI=1S/C19H23ClN6O2/c1-13-11-26(24-23-13)8-6-21-18(27)9-14-3-2-7-25(12-14)19-22-16-5-4-15(20)10-17(16)28-19/h4-5,10-11,14H,2-3,6-9,12H2,1H3,(H,21,27). The van der Waals surface area contributed by atoms with Gasteiger partial charge in [0.2, 0.25) is 5.91 Å². The summed E-state index contributed by atoms with van der Waals surface area (Å²) >= 11 is 6.02. The summed E-state index contributed by atoms with van der Waals surface area (Å²) in [6.07, 6.45) is 4.39. The molecule has 2 aromatic heterocycles. The zero-order valence-electron chi connectivity index (χ0n) is 15.8. The van der Waals surface area contributed by atoms with Crippen LogP contribution in [0, 0.1) is 12.8 Å². The Labute approximate surface area is 167 Å². The van der Waals surface area contributed by atoms with E-state index in [9.17, 15) is 4.79 Å². The summed E-state index contributed by atoms with van der Waals surface area (Å²) in [4.78, 5) is 19.0. The van der Waals surface area contributed by atoms with Crippen LogP contribution in [-0.4, -0.2) is 45.5 Å². The van der Waals surface area contributed by atoms with Gasteiger partial charge < -0.3 is 14.6 Å². The van der Waals surface area contributed by atoms with E-state index >= 15 is 0 Å². The van der Waals surface area contributed by atoms with Crippen LogP contribution < -0.4 is 10.2 Å². The number of anilines is 1.